The Bertz CT molecular complexity index is 1010. The fourth-order valence-electron chi connectivity index (χ4n) is 4.71. The van der Waals surface area contributed by atoms with E-state index in [1.165, 1.54) is 11.1 Å². The minimum absolute atomic E-state index is 0.169. The van der Waals surface area contributed by atoms with Crippen molar-refractivity contribution in [2.45, 2.75) is 37.4 Å². The Hall–Kier alpha value is -2.56. The van der Waals surface area contributed by atoms with E-state index in [2.05, 4.69) is 34.6 Å². The van der Waals surface area contributed by atoms with Crippen LogP contribution >= 0.6 is 0 Å². The summed E-state index contributed by atoms with van der Waals surface area (Å²) in [4.78, 5) is 3.94. The van der Waals surface area contributed by atoms with Crippen LogP contribution in [0.4, 0.5) is 19.0 Å². The van der Waals surface area contributed by atoms with Crippen LogP contribution in [0.3, 0.4) is 0 Å². The molecule has 0 bridgehead atoms. The highest BCUT2D eigenvalue weighted by Gasteiger charge is 2.44. The maximum atomic E-state index is 13.3. The number of halogens is 3. The Kier molecular flexibility index (Phi) is 3.67. The van der Waals surface area contributed by atoms with Crippen LogP contribution < -0.4 is 5.32 Å². The topological polar surface area (TPSA) is 24.9 Å². The number of nitrogens with zero attached hydrogens (tertiary/aromatic N) is 1. The molecule has 1 aromatic heterocycles. The fourth-order valence-corrected chi connectivity index (χ4v) is 4.71. The first-order valence-electron chi connectivity index (χ1n) is 9.32. The number of benzene rings is 2. The van der Waals surface area contributed by atoms with Crippen molar-refractivity contribution in [1.82, 2.24) is 4.98 Å². The van der Waals surface area contributed by atoms with Crippen LogP contribution in [0.2, 0.25) is 0 Å². The minimum Gasteiger partial charge on any atom is -0.366 e. The van der Waals surface area contributed by atoms with Crippen LogP contribution in [0.15, 0.2) is 54.6 Å². The number of hydrogen-bond donors (Lipinski definition) is 1. The fraction of sp³-hybridized carbons (Fsp3) is 0.318. The van der Waals surface area contributed by atoms with Crippen molar-refractivity contribution in [3.63, 3.8) is 0 Å². The van der Waals surface area contributed by atoms with Gasteiger partial charge in [0.1, 0.15) is 11.5 Å². The molecule has 1 N–H and O–H groups in total. The lowest BCUT2D eigenvalue weighted by atomic mass is 9.60. The monoisotopic (exact) mass is 368 g/mol. The largest absolute Gasteiger partial charge is 0.433 e. The molecule has 2 aliphatic rings. The lowest BCUT2D eigenvalue weighted by Gasteiger charge is -2.49. The molecule has 27 heavy (non-hydrogen) atoms. The SMILES string of the molecule is FC(F)(F)c1cc2ccccc2c(NC2CC3c4ccccc4CCC23)n1. The average molecular weight is 368 g/mol. The van der Waals surface area contributed by atoms with Gasteiger partial charge in [0.15, 0.2) is 0 Å². The van der Waals surface area contributed by atoms with Crippen LogP contribution in [0.1, 0.15) is 35.6 Å². The van der Waals surface area contributed by atoms with E-state index in [1.807, 2.05) is 12.1 Å². The number of alkyl halides is 3. The van der Waals surface area contributed by atoms with E-state index < -0.39 is 11.9 Å². The molecular formula is C22H19F3N2. The second-order valence-electron chi connectivity index (χ2n) is 7.57. The summed E-state index contributed by atoms with van der Waals surface area (Å²) in [5, 5.41) is 4.66. The van der Waals surface area contributed by atoms with E-state index in [4.69, 9.17) is 0 Å². The average Bonchev–Trinajstić information content (AvgIpc) is 2.64. The summed E-state index contributed by atoms with van der Waals surface area (Å²) in [6.07, 6.45) is -1.41. The Morgan fingerprint density at radius 2 is 1.78 bits per heavy atom. The number of rotatable bonds is 2. The summed E-state index contributed by atoms with van der Waals surface area (Å²) < 4.78 is 39.8. The number of fused-ring (bicyclic) bond motifs is 4. The van der Waals surface area contributed by atoms with Gasteiger partial charge in [-0.15, -0.1) is 0 Å². The second kappa shape index (κ2) is 5.98. The van der Waals surface area contributed by atoms with Crippen LogP contribution in [-0.4, -0.2) is 11.0 Å². The summed E-state index contributed by atoms with van der Waals surface area (Å²) in [6.45, 7) is 0. The van der Waals surface area contributed by atoms with E-state index in [-0.39, 0.29) is 6.04 Å². The van der Waals surface area contributed by atoms with Crippen LogP contribution in [-0.2, 0) is 12.6 Å². The molecular weight excluding hydrogens is 349 g/mol. The number of anilines is 1. The molecule has 3 unspecified atom stereocenters. The third-order valence-corrected chi connectivity index (χ3v) is 6.10. The van der Waals surface area contributed by atoms with Gasteiger partial charge in [0.25, 0.3) is 0 Å². The van der Waals surface area contributed by atoms with Crippen LogP contribution in [0.5, 0.6) is 0 Å². The molecule has 0 saturated heterocycles. The van der Waals surface area contributed by atoms with Gasteiger partial charge in [-0.3, -0.25) is 0 Å². The molecule has 1 heterocycles. The van der Waals surface area contributed by atoms with Crippen molar-refractivity contribution in [2.75, 3.05) is 5.32 Å². The number of pyridine rings is 1. The molecule has 5 rings (SSSR count). The second-order valence-corrected chi connectivity index (χ2v) is 7.57. The van der Waals surface area contributed by atoms with Crippen molar-refractivity contribution in [3.05, 3.63) is 71.4 Å². The van der Waals surface area contributed by atoms with Gasteiger partial charge in [-0.1, -0.05) is 48.5 Å². The lowest BCUT2D eigenvalue weighted by Crippen LogP contribution is -2.47. The summed E-state index contributed by atoms with van der Waals surface area (Å²) in [7, 11) is 0. The maximum absolute atomic E-state index is 13.3. The van der Waals surface area contributed by atoms with E-state index in [0.29, 0.717) is 23.0 Å². The molecule has 1 saturated carbocycles. The molecule has 1 fully saturated rings. The van der Waals surface area contributed by atoms with Gasteiger partial charge in [-0.25, -0.2) is 4.98 Å². The zero-order chi connectivity index (χ0) is 18.6. The van der Waals surface area contributed by atoms with Crippen LogP contribution in [0, 0.1) is 5.92 Å². The molecule has 5 heteroatoms. The third-order valence-electron chi connectivity index (χ3n) is 6.10. The molecule has 3 aromatic rings. The van der Waals surface area contributed by atoms with Crippen LogP contribution in [0.25, 0.3) is 10.8 Å². The number of nitrogens with one attached hydrogen (secondary N) is 1. The zero-order valence-corrected chi connectivity index (χ0v) is 14.6. The molecule has 138 valence electrons. The van der Waals surface area contributed by atoms with E-state index >= 15 is 0 Å². The van der Waals surface area contributed by atoms with E-state index in [1.54, 1.807) is 12.1 Å². The van der Waals surface area contributed by atoms with Gasteiger partial charge < -0.3 is 5.32 Å². The smallest absolute Gasteiger partial charge is 0.366 e. The highest BCUT2D eigenvalue weighted by Crippen LogP contribution is 2.50. The normalized spacial score (nSPS) is 24.0. The van der Waals surface area contributed by atoms with Crippen molar-refractivity contribution in [1.29, 1.82) is 0 Å². The quantitative estimate of drug-likeness (QED) is 0.620. The molecule has 2 aliphatic carbocycles. The van der Waals surface area contributed by atoms with Crippen molar-refractivity contribution in [3.8, 4) is 0 Å². The number of hydrogen-bond acceptors (Lipinski definition) is 2. The highest BCUT2D eigenvalue weighted by atomic mass is 19.4. The zero-order valence-electron chi connectivity index (χ0n) is 14.6. The highest BCUT2D eigenvalue weighted by molar-refractivity contribution is 5.92. The van der Waals surface area contributed by atoms with Gasteiger partial charge in [-0.2, -0.15) is 13.2 Å². The van der Waals surface area contributed by atoms with Crippen molar-refractivity contribution >= 4 is 16.6 Å². The van der Waals surface area contributed by atoms with E-state index in [0.717, 1.165) is 30.7 Å². The summed E-state index contributed by atoms with van der Waals surface area (Å²) in [5.74, 6) is 1.31. The predicted molar refractivity (Wildman–Crippen MR) is 99.8 cm³/mol. The molecule has 2 nitrogen and oxygen atoms in total. The molecule has 2 aromatic carbocycles. The number of aryl methyl sites for hydroxylation is 1. The Balaban J connectivity index is 1.46. The maximum Gasteiger partial charge on any atom is 0.433 e. The van der Waals surface area contributed by atoms with Gasteiger partial charge in [-0.05, 0) is 53.7 Å². The van der Waals surface area contributed by atoms with Gasteiger partial charge in [0.05, 0.1) is 0 Å². The molecule has 3 atom stereocenters. The molecule has 0 radical (unpaired) electrons. The number of aromatic nitrogens is 1. The predicted octanol–water partition coefficient (Wildman–Crippen LogP) is 5.78. The minimum atomic E-state index is -4.45. The van der Waals surface area contributed by atoms with Crippen molar-refractivity contribution < 1.29 is 13.2 Å². The Morgan fingerprint density at radius 3 is 2.63 bits per heavy atom. The summed E-state index contributed by atoms with van der Waals surface area (Å²) >= 11 is 0. The first kappa shape index (κ1) is 16.6. The van der Waals surface area contributed by atoms with Gasteiger partial charge >= 0.3 is 6.18 Å². The lowest BCUT2D eigenvalue weighted by molar-refractivity contribution is -0.141. The molecule has 0 amide bonds. The van der Waals surface area contributed by atoms with Gasteiger partial charge in [0.2, 0.25) is 0 Å². The Labute approximate surface area is 155 Å². The molecule has 0 spiro atoms. The first-order chi connectivity index (χ1) is 13.0. The third kappa shape index (κ3) is 2.76. The Morgan fingerprint density at radius 1 is 1.00 bits per heavy atom. The van der Waals surface area contributed by atoms with Gasteiger partial charge in [0, 0.05) is 11.4 Å². The standard InChI is InChI=1S/C22H19F3N2/c23-22(24,25)20-11-14-6-2-4-8-16(14)21(27-20)26-19-12-18-15-7-3-1-5-13(15)9-10-17(18)19/h1-8,11,17-19H,9-10,12H2,(H,26,27). The molecule has 0 aliphatic heterocycles. The van der Waals surface area contributed by atoms with E-state index in [9.17, 15) is 13.2 Å². The first-order valence-corrected chi connectivity index (χ1v) is 9.32. The summed E-state index contributed by atoms with van der Waals surface area (Å²) in [5.41, 5.74) is 1.99. The summed E-state index contributed by atoms with van der Waals surface area (Å²) in [6, 6.07) is 17.0. The van der Waals surface area contributed by atoms with Crippen molar-refractivity contribution in [2.24, 2.45) is 5.92 Å².